The molecular weight excluding hydrogens is 326 g/mol. The molecule has 0 spiro atoms. The topological polar surface area (TPSA) is 72.5 Å². The highest BCUT2D eigenvalue weighted by molar-refractivity contribution is 7.16. The van der Waals surface area contributed by atoms with Crippen LogP contribution in [-0.4, -0.2) is 43.3 Å². The van der Waals surface area contributed by atoms with Gasteiger partial charge in [-0.1, -0.05) is 0 Å². The number of methoxy groups -OCH3 is 1. The number of hydrogen-bond donors (Lipinski definition) is 2. The van der Waals surface area contributed by atoms with Crippen molar-refractivity contribution in [2.24, 2.45) is 0 Å². The number of anilines is 1. The molecule has 6 nitrogen and oxygen atoms in total. The Labute approximate surface area is 145 Å². The zero-order valence-corrected chi connectivity index (χ0v) is 14.8. The summed E-state index contributed by atoms with van der Waals surface area (Å²) in [7, 11) is 1.64. The number of hydrogen-bond acceptors (Lipinski definition) is 6. The number of rotatable bonds is 4. The summed E-state index contributed by atoms with van der Waals surface area (Å²) in [5.74, 6) is 0.690. The quantitative estimate of drug-likeness (QED) is 0.889. The second-order valence-electron chi connectivity index (χ2n) is 5.65. The number of nitrogens with one attached hydrogen (secondary N) is 2. The first kappa shape index (κ1) is 16.9. The van der Waals surface area contributed by atoms with Crippen LogP contribution < -0.4 is 15.4 Å². The molecule has 1 aliphatic rings. The monoisotopic (exact) mass is 347 g/mol. The van der Waals surface area contributed by atoms with Crippen LogP contribution in [0, 0.1) is 6.92 Å². The number of benzene rings is 1. The van der Waals surface area contributed by atoms with E-state index >= 15 is 0 Å². The van der Waals surface area contributed by atoms with Crippen molar-refractivity contribution in [1.29, 1.82) is 0 Å². The SMILES string of the molecule is COc1ccc(-c2nc(NC(=O)[C@H]3NCCO[C@@H]3C)sc2C)cc1. The number of nitrogens with zero attached hydrogens (tertiary/aromatic N) is 1. The molecule has 2 aromatic rings. The second kappa shape index (κ2) is 7.29. The average Bonchev–Trinajstić information content (AvgIpc) is 2.95. The lowest BCUT2D eigenvalue weighted by Crippen LogP contribution is -2.53. The van der Waals surface area contributed by atoms with E-state index in [0.29, 0.717) is 18.3 Å². The maximum absolute atomic E-state index is 12.4. The number of ether oxygens (including phenoxy) is 2. The molecule has 24 heavy (non-hydrogen) atoms. The molecule has 2 N–H and O–H groups in total. The first-order chi connectivity index (χ1) is 11.6. The Bertz CT molecular complexity index is 714. The highest BCUT2D eigenvalue weighted by Gasteiger charge is 2.29. The minimum absolute atomic E-state index is 0.114. The van der Waals surface area contributed by atoms with Crippen LogP contribution in [0.2, 0.25) is 0 Å². The lowest BCUT2D eigenvalue weighted by Gasteiger charge is -2.28. The predicted molar refractivity (Wildman–Crippen MR) is 94.7 cm³/mol. The molecule has 2 heterocycles. The van der Waals surface area contributed by atoms with E-state index in [1.165, 1.54) is 11.3 Å². The van der Waals surface area contributed by atoms with Crippen molar-refractivity contribution in [3.8, 4) is 17.0 Å². The summed E-state index contributed by atoms with van der Waals surface area (Å²) in [5.41, 5.74) is 1.87. The number of carbonyl (C=O) groups is 1. The second-order valence-corrected chi connectivity index (χ2v) is 6.85. The van der Waals surface area contributed by atoms with Gasteiger partial charge in [0.2, 0.25) is 5.91 Å². The molecule has 1 aliphatic heterocycles. The Morgan fingerprint density at radius 3 is 2.83 bits per heavy atom. The molecule has 0 saturated carbocycles. The van der Waals surface area contributed by atoms with E-state index in [9.17, 15) is 4.79 Å². The summed E-state index contributed by atoms with van der Waals surface area (Å²) >= 11 is 1.47. The summed E-state index contributed by atoms with van der Waals surface area (Å²) in [4.78, 5) is 18.0. The van der Waals surface area contributed by atoms with Crippen molar-refractivity contribution < 1.29 is 14.3 Å². The smallest absolute Gasteiger partial charge is 0.245 e. The standard InChI is InChI=1S/C17H21N3O3S/c1-10-14(18-8-9-23-10)16(21)20-17-19-15(11(2)24-17)12-4-6-13(22-3)7-5-12/h4-7,10,14,18H,8-9H2,1-3H3,(H,19,20,21)/t10-,14+/m1/s1. The third-order valence-corrected chi connectivity index (χ3v) is 4.88. The van der Waals surface area contributed by atoms with Gasteiger partial charge in [-0.3, -0.25) is 4.79 Å². The van der Waals surface area contributed by atoms with E-state index < -0.39 is 0 Å². The van der Waals surface area contributed by atoms with Gasteiger partial charge in [0.1, 0.15) is 11.8 Å². The van der Waals surface area contributed by atoms with E-state index in [1.54, 1.807) is 7.11 Å². The molecular formula is C17H21N3O3S. The third-order valence-electron chi connectivity index (χ3n) is 3.99. The van der Waals surface area contributed by atoms with Gasteiger partial charge in [0, 0.05) is 17.0 Å². The fourth-order valence-electron chi connectivity index (χ4n) is 2.68. The lowest BCUT2D eigenvalue weighted by molar-refractivity contribution is -0.123. The van der Waals surface area contributed by atoms with Gasteiger partial charge in [-0.25, -0.2) is 4.98 Å². The summed E-state index contributed by atoms with van der Waals surface area (Å²) in [6, 6.07) is 7.37. The number of aromatic nitrogens is 1. The van der Waals surface area contributed by atoms with Crippen LogP contribution in [-0.2, 0) is 9.53 Å². The molecule has 1 amide bonds. The van der Waals surface area contributed by atoms with Gasteiger partial charge in [-0.2, -0.15) is 0 Å². The first-order valence-electron chi connectivity index (χ1n) is 7.86. The predicted octanol–water partition coefficient (Wildman–Crippen LogP) is 2.44. The molecule has 7 heteroatoms. The highest BCUT2D eigenvalue weighted by atomic mass is 32.1. The zero-order chi connectivity index (χ0) is 17.1. The van der Waals surface area contributed by atoms with Crippen molar-refractivity contribution in [1.82, 2.24) is 10.3 Å². The molecule has 1 aromatic carbocycles. The van der Waals surface area contributed by atoms with E-state index in [-0.39, 0.29) is 18.1 Å². The third kappa shape index (κ3) is 3.58. The van der Waals surface area contributed by atoms with Crippen LogP contribution in [0.15, 0.2) is 24.3 Å². The summed E-state index contributed by atoms with van der Waals surface area (Å²) in [6.07, 6.45) is -0.152. The largest absolute Gasteiger partial charge is 0.497 e. The normalized spacial score (nSPS) is 20.6. The van der Waals surface area contributed by atoms with Crippen molar-refractivity contribution in [2.75, 3.05) is 25.6 Å². The first-order valence-corrected chi connectivity index (χ1v) is 8.68. The van der Waals surface area contributed by atoms with Crippen LogP contribution in [0.5, 0.6) is 5.75 Å². The van der Waals surface area contributed by atoms with Gasteiger partial charge < -0.3 is 20.1 Å². The minimum atomic E-state index is -0.354. The number of amides is 1. The Kier molecular flexibility index (Phi) is 5.13. The van der Waals surface area contributed by atoms with Gasteiger partial charge in [-0.05, 0) is 38.1 Å². The van der Waals surface area contributed by atoms with Crippen molar-refractivity contribution in [2.45, 2.75) is 26.0 Å². The average molecular weight is 347 g/mol. The lowest BCUT2D eigenvalue weighted by atomic mass is 10.1. The van der Waals surface area contributed by atoms with Gasteiger partial charge >= 0.3 is 0 Å². The summed E-state index contributed by atoms with van der Waals surface area (Å²) in [5, 5.41) is 6.68. The number of carbonyl (C=O) groups excluding carboxylic acids is 1. The molecule has 1 fully saturated rings. The Balaban J connectivity index is 1.74. The molecule has 0 unspecified atom stereocenters. The van der Waals surface area contributed by atoms with Gasteiger partial charge in [0.15, 0.2) is 5.13 Å². The van der Waals surface area contributed by atoms with Crippen LogP contribution in [0.25, 0.3) is 11.3 Å². The zero-order valence-electron chi connectivity index (χ0n) is 14.0. The van der Waals surface area contributed by atoms with Crippen LogP contribution >= 0.6 is 11.3 Å². The fraction of sp³-hybridized carbons (Fsp3) is 0.412. The molecule has 3 rings (SSSR count). The minimum Gasteiger partial charge on any atom is -0.497 e. The van der Waals surface area contributed by atoms with Gasteiger partial charge in [0.25, 0.3) is 0 Å². The van der Waals surface area contributed by atoms with Crippen LogP contribution in [0.4, 0.5) is 5.13 Å². The number of morpholine rings is 1. The van der Waals surface area contributed by atoms with Crippen LogP contribution in [0.3, 0.4) is 0 Å². The molecule has 0 aliphatic carbocycles. The molecule has 1 saturated heterocycles. The van der Waals surface area contributed by atoms with Crippen molar-refractivity contribution in [3.63, 3.8) is 0 Å². The number of aryl methyl sites for hydroxylation is 1. The summed E-state index contributed by atoms with van der Waals surface area (Å²) < 4.78 is 10.7. The van der Waals surface area contributed by atoms with E-state index in [0.717, 1.165) is 21.9 Å². The highest BCUT2D eigenvalue weighted by Crippen LogP contribution is 2.31. The van der Waals surface area contributed by atoms with E-state index in [4.69, 9.17) is 9.47 Å². The molecule has 1 aromatic heterocycles. The molecule has 0 bridgehead atoms. The molecule has 0 radical (unpaired) electrons. The Morgan fingerprint density at radius 1 is 1.42 bits per heavy atom. The van der Waals surface area contributed by atoms with Crippen molar-refractivity contribution >= 4 is 22.4 Å². The van der Waals surface area contributed by atoms with Crippen molar-refractivity contribution in [3.05, 3.63) is 29.1 Å². The van der Waals surface area contributed by atoms with Gasteiger partial charge in [0.05, 0.1) is 25.5 Å². The maximum atomic E-state index is 12.4. The Hall–Kier alpha value is -1.96. The van der Waals surface area contributed by atoms with E-state index in [2.05, 4.69) is 15.6 Å². The number of thiazole rings is 1. The maximum Gasteiger partial charge on any atom is 0.245 e. The summed E-state index contributed by atoms with van der Waals surface area (Å²) in [6.45, 7) is 5.20. The molecule has 2 atom stereocenters. The molecule has 128 valence electrons. The Morgan fingerprint density at radius 2 is 2.17 bits per heavy atom. The van der Waals surface area contributed by atoms with Crippen LogP contribution in [0.1, 0.15) is 11.8 Å². The van der Waals surface area contributed by atoms with E-state index in [1.807, 2.05) is 38.1 Å². The van der Waals surface area contributed by atoms with Gasteiger partial charge in [-0.15, -0.1) is 11.3 Å². The fourth-order valence-corrected chi connectivity index (χ4v) is 3.52.